The van der Waals surface area contributed by atoms with Crippen molar-refractivity contribution in [3.8, 4) is 5.75 Å². The highest BCUT2D eigenvalue weighted by Gasteiger charge is 2.24. The van der Waals surface area contributed by atoms with Crippen molar-refractivity contribution in [2.45, 2.75) is 27.3 Å². The minimum Gasteiger partial charge on any atom is -0.486 e. The highest BCUT2D eigenvalue weighted by Crippen LogP contribution is 2.37. The minimum atomic E-state index is -0.472. The molecule has 6 heteroatoms. The fraction of sp³-hybridized carbons (Fsp3) is 0.192. The van der Waals surface area contributed by atoms with Crippen LogP contribution in [-0.4, -0.2) is 28.6 Å². The van der Waals surface area contributed by atoms with Crippen molar-refractivity contribution in [1.29, 1.82) is 0 Å². The average molecular weight is 426 g/mol. The summed E-state index contributed by atoms with van der Waals surface area (Å²) in [5.41, 5.74) is 5.78. The van der Waals surface area contributed by atoms with Crippen LogP contribution in [0.5, 0.6) is 5.75 Å². The molecule has 0 spiro atoms. The molecule has 32 heavy (non-hydrogen) atoms. The molecular formula is C26H22N2O4. The number of aryl methyl sites for hydroxylation is 2. The highest BCUT2D eigenvalue weighted by atomic mass is 16.7. The number of carbonyl (C=O) groups excluding carboxylic acids is 2. The normalized spacial score (nSPS) is 14.0. The maximum atomic E-state index is 13.2. The van der Waals surface area contributed by atoms with Crippen molar-refractivity contribution in [2.24, 2.45) is 5.16 Å². The van der Waals surface area contributed by atoms with Gasteiger partial charge in [-0.3, -0.25) is 4.79 Å². The van der Waals surface area contributed by atoms with Gasteiger partial charge in [0.25, 0.3) is 0 Å². The second-order valence-corrected chi connectivity index (χ2v) is 7.90. The summed E-state index contributed by atoms with van der Waals surface area (Å²) >= 11 is 0. The Bertz CT molecular complexity index is 1450. The molecule has 0 unspecified atom stereocenters. The quantitative estimate of drug-likeness (QED) is 0.261. The van der Waals surface area contributed by atoms with E-state index in [2.05, 4.69) is 16.6 Å². The van der Waals surface area contributed by atoms with Crippen molar-refractivity contribution < 1.29 is 19.2 Å². The van der Waals surface area contributed by atoms with Crippen LogP contribution in [0.3, 0.4) is 0 Å². The Labute approximate surface area is 185 Å². The fourth-order valence-electron chi connectivity index (χ4n) is 4.35. The molecule has 0 radical (unpaired) electrons. The molecular weight excluding hydrogens is 404 g/mol. The largest absolute Gasteiger partial charge is 0.486 e. The number of nitrogens with zero attached hydrogens (tertiary/aromatic N) is 2. The number of hydrogen-bond donors (Lipinski definition) is 0. The first-order valence-corrected chi connectivity index (χ1v) is 10.6. The first-order chi connectivity index (χ1) is 15.5. The van der Waals surface area contributed by atoms with Crippen LogP contribution in [0.4, 0.5) is 0 Å². The molecule has 3 aromatic carbocycles. The molecule has 160 valence electrons. The van der Waals surface area contributed by atoms with Crippen molar-refractivity contribution in [3.05, 3.63) is 76.9 Å². The standard InChI is InChI=1S/C26H22N2O4/c1-4-28-23-10-9-17(26(30)18-8-6-5-7-15(18)2)11-19(23)20-13-25-21(12-24(20)28)22(14-31-25)27-32-16(3)29/h5-13H,4,14H2,1-3H3/b27-22+. The molecule has 5 rings (SSSR count). The summed E-state index contributed by atoms with van der Waals surface area (Å²) in [6.45, 7) is 6.36. The summed E-state index contributed by atoms with van der Waals surface area (Å²) in [5, 5.41) is 5.95. The Balaban J connectivity index is 1.68. The molecule has 0 saturated carbocycles. The molecule has 0 saturated heterocycles. The number of carbonyl (C=O) groups is 2. The first kappa shape index (κ1) is 20.0. The van der Waals surface area contributed by atoms with E-state index in [-0.39, 0.29) is 12.4 Å². The average Bonchev–Trinajstić information content (AvgIpc) is 3.33. The van der Waals surface area contributed by atoms with Gasteiger partial charge < -0.3 is 14.1 Å². The number of oxime groups is 1. The van der Waals surface area contributed by atoms with Crippen molar-refractivity contribution in [1.82, 2.24) is 4.57 Å². The summed E-state index contributed by atoms with van der Waals surface area (Å²) in [5.74, 6) is 0.227. The molecule has 0 atom stereocenters. The van der Waals surface area contributed by atoms with E-state index in [0.29, 0.717) is 22.6 Å². The molecule has 0 bridgehead atoms. The minimum absolute atomic E-state index is 0.00982. The van der Waals surface area contributed by atoms with E-state index in [1.165, 1.54) is 6.92 Å². The molecule has 0 N–H and O–H groups in total. The molecule has 2 heterocycles. The van der Waals surface area contributed by atoms with E-state index in [1.807, 2.05) is 61.5 Å². The van der Waals surface area contributed by atoms with E-state index in [9.17, 15) is 9.59 Å². The van der Waals surface area contributed by atoms with Gasteiger partial charge in [0.15, 0.2) is 5.78 Å². The third-order valence-corrected chi connectivity index (χ3v) is 5.89. The summed E-state index contributed by atoms with van der Waals surface area (Å²) in [6, 6.07) is 17.5. The summed E-state index contributed by atoms with van der Waals surface area (Å²) in [7, 11) is 0. The number of benzene rings is 3. The lowest BCUT2D eigenvalue weighted by Gasteiger charge is -2.06. The van der Waals surface area contributed by atoms with Crippen LogP contribution in [0.1, 0.15) is 40.9 Å². The van der Waals surface area contributed by atoms with Crippen LogP contribution in [0, 0.1) is 6.92 Å². The van der Waals surface area contributed by atoms with Crippen molar-refractivity contribution >= 4 is 39.3 Å². The summed E-state index contributed by atoms with van der Waals surface area (Å²) < 4.78 is 8.01. The number of rotatable bonds is 4. The summed E-state index contributed by atoms with van der Waals surface area (Å²) in [4.78, 5) is 29.2. The van der Waals surface area contributed by atoms with Gasteiger partial charge in [-0.2, -0.15) is 0 Å². The number of ketones is 1. The van der Waals surface area contributed by atoms with E-state index < -0.39 is 5.97 Å². The number of fused-ring (bicyclic) bond motifs is 4. The number of hydrogen-bond acceptors (Lipinski definition) is 5. The molecule has 0 amide bonds. The van der Waals surface area contributed by atoms with Gasteiger partial charge in [0.05, 0.1) is 5.52 Å². The van der Waals surface area contributed by atoms with Gasteiger partial charge in [-0.1, -0.05) is 29.4 Å². The first-order valence-electron chi connectivity index (χ1n) is 10.6. The van der Waals surface area contributed by atoms with Crippen LogP contribution < -0.4 is 4.74 Å². The maximum Gasteiger partial charge on any atom is 0.331 e. The Morgan fingerprint density at radius 1 is 1.06 bits per heavy atom. The second kappa shape index (κ2) is 7.64. The maximum absolute atomic E-state index is 13.2. The van der Waals surface area contributed by atoms with Crippen LogP contribution >= 0.6 is 0 Å². The third-order valence-electron chi connectivity index (χ3n) is 5.89. The van der Waals surface area contributed by atoms with Crippen LogP contribution in [0.15, 0.2) is 59.8 Å². The molecule has 4 aromatic rings. The van der Waals surface area contributed by atoms with Crippen LogP contribution in [-0.2, 0) is 16.2 Å². The van der Waals surface area contributed by atoms with E-state index in [4.69, 9.17) is 9.57 Å². The Hall–Kier alpha value is -3.93. The lowest BCUT2D eigenvalue weighted by molar-refractivity contribution is -0.140. The Morgan fingerprint density at radius 3 is 2.59 bits per heavy atom. The highest BCUT2D eigenvalue weighted by molar-refractivity contribution is 6.17. The molecule has 1 aromatic heterocycles. The molecule has 1 aliphatic rings. The summed E-state index contributed by atoms with van der Waals surface area (Å²) in [6.07, 6.45) is 0. The predicted molar refractivity (Wildman–Crippen MR) is 124 cm³/mol. The molecule has 0 aliphatic carbocycles. The van der Waals surface area contributed by atoms with Crippen LogP contribution in [0.25, 0.3) is 21.8 Å². The van der Waals surface area contributed by atoms with E-state index >= 15 is 0 Å². The van der Waals surface area contributed by atoms with Gasteiger partial charge in [0, 0.05) is 46.4 Å². The smallest absolute Gasteiger partial charge is 0.331 e. The van der Waals surface area contributed by atoms with Gasteiger partial charge in [0.2, 0.25) is 0 Å². The number of ether oxygens (including phenoxy) is 1. The predicted octanol–water partition coefficient (Wildman–Crippen LogP) is 5.01. The van der Waals surface area contributed by atoms with Gasteiger partial charge in [-0.15, -0.1) is 0 Å². The fourth-order valence-corrected chi connectivity index (χ4v) is 4.35. The molecule has 1 aliphatic heterocycles. The van der Waals surface area contributed by atoms with Gasteiger partial charge >= 0.3 is 5.97 Å². The molecule has 0 fully saturated rings. The van der Waals surface area contributed by atoms with E-state index in [0.717, 1.165) is 39.5 Å². The zero-order valence-corrected chi connectivity index (χ0v) is 18.1. The van der Waals surface area contributed by atoms with E-state index in [1.54, 1.807) is 0 Å². The molecule has 6 nitrogen and oxygen atoms in total. The zero-order chi connectivity index (χ0) is 22.4. The SMILES string of the molecule is CCn1c2ccc(C(=O)c3ccccc3C)cc2c2cc3c(cc21)/C(=N/OC(C)=O)CO3. The van der Waals surface area contributed by atoms with Gasteiger partial charge in [0.1, 0.15) is 18.1 Å². The number of aromatic nitrogens is 1. The lowest BCUT2D eigenvalue weighted by Crippen LogP contribution is -2.05. The third kappa shape index (κ3) is 3.15. The van der Waals surface area contributed by atoms with Crippen LogP contribution in [0.2, 0.25) is 0 Å². The Morgan fingerprint density at radius 2 is 1.84 bits per heavy atom. The van der Waals surface area contributed by atoms with Gasteiger partial charge in [-0.25, -0.2) is 4.79 Å². The van der Waals surface area contributed by atoms with Crippen molar-refractivity contribution in [2.75, 3.05) is 6.61 Å². The topological polar surface area (TPSA) is 69.9 Å². The lowest BCUT2D eigenvalue weighted by atomic mass is 9.97. The Kier molecular flexibility index (Phi) is 4.78. The monoisotopic (exact) mass is 426 g/mol. The van der Waals surface area contributed by atoms with Gasteiger partial charge in [-0.05, 0) is 49.7 Å². The van der Waals surface area contributed by atoms with Crippen molar-refractivity contribution in [3.63, 3.8) is 0 Å². The second-order valence-electron chi connectivity index (χ2n) is 7.90. The zero-order valence-electron chi connectivity index (χ0n) is 18.1.